The van der Waals surface area contributed by atoms with Crippen LogP contribution in [0, 0.1) is 0 Å². The fourth-order valence-corrected chi connectivity index (χ4v) is 2.27. The lowest BCUT2D eigenvalue weighted by molar-refractivity contribution is 0.0698. The predicted molar refractivity (Wildman–Crippen MR) is 73.1 cm³/mol. The molecule has 0 amide bonds. The Morgan fingerprint density at radius 3 is 2.82 bits per heavy atom. The van der Waals surface area contributed by atoms with Crippen molar-refractivity contribution in [2.24, 2.45) is 0 Å². The first-order valence-electron chi connectivity index (χ1n) is 5.16. The third-order valence-corrected chi connectivity index (χ3v) is 3.98. The maximum absolute atomic E-state index is 11.2. The highest BCUT2D eigenvalue weighted by Gasteiger charge is 2.09. The molecular weight excluding hydrogens is 306 g/mol. The van der Waals surface area contributed by atoms with Gasteiger partial charge >= 0.3 is 5.97 Å². The van der Waals surface area contributed by atoms with Gasteiger partial charge in [0.25, 0.3) is 0 Å². The van der Waals surface area contributed by atoms with Crippen LogP contribution in [0.3, 0.4) is 0 Å². The summed E-state index contributed by atoms with van der Waals surface area (Å²) < 4.78 is 12.0. The normalized spacial score (nSPS) is 12.1. The lowest BCUT2D eigenvalue weighted by Crippen LogP contribution is -2.14. The number of benzene rings is 1. The van der Waals surface area contributed by atoms with Gasteiger partial charge in [-0.25, -0.2) is 4.79 Å². The first kappa shape index (κ1) is 14.2. The van der Waals surface area contributed by atoms with Crippen LogP contribution in [0.25, 0.3) is 0 Å². The second-order valence-corrected chi connectivity index (χ2v) is 6.14. The molecule has 0 fully saturated rings. The Labute approximate surface area is 111 Å². The number of aromatic carboxylic acids is 1. The fraction of sp³-hybridized carbons (Fsp3) is 0.364. The van der Waals surface area contributed by atoms with Gasteiger partial charge < -0.3 is 10.4 Å². The van der Waals surface area contributed by atoms with Crippen molar-refractivity contribution in [3.8, 4) is 0 Å². The van der Waals surface area contributed by atoms with Gasteiger partial charge in [0.2, 0.25) is 0 Å². The van der Waals surface area contributed by atoms with E-state index in [2.05, 4.69) is 21.2 Å². The molecule has 17 heavy (non-hydrogen) atoms. The molecule has 4 nitrogen and oxygen atoms in total. The molecule has 0 aliphatic heterocycles. The molecule has 0 aromatic heterocycles. The highest BCUT2D eigenvalue weighted by Crippen LogP contribution is 2.21. The van der Waals surface area contributed by atoms with Crippen molar-refractivity contribution < 1.29 is 14.1 Å². The molecule has 1 atom stereocenters. The van der Waals surface area contributed by atoms with Crippen LogP contribution in [0.4, 0.5) is 5.69 Å². The van der Waals surface area contributed by atoms with Crippen LogP contribution in [0.15, 0.2) is 22.7 Å². The third kappa shape index (κ3) is 4.47. The number of nitrogens with one attached hydrogen (secondary N) is 1. The predicted octanol–water partition coefficient (Wildman–Crippen LogP) is 2.33. The van der Waals surface area contributed by atoms with E-state index >= 15 is 0 Å². The zero-order valence-corrected chi connectivity index (χ0v) is 11.8. The molecule has 1 aromatic carbocycles. The van der Waals surface area contributed by atoms with Crippen LogP contribution < -0.4 is 5.32 Å². The molecule has 0 saturated carbocycles. The van der Waals surface area contributed by atoms with Gasteiger partial charge in [-0.15, -0.1) is 0 Å². The Hall–Kier alpha value is -0.880. The van der Waals surface area contributed by atoms with Crippen molar-refractivity contribution in [2.45, 2.75) is 6.92 Å². The van der Waals surface area contributed by atoms with Crippen molar-refractivity contribution in [3.63, 3.8) is 0 Å². The number of carboxylic acids is 1. The summed E-state index contributed by atoms with van der Waals surface area (Å²) in [6, 6.07) is 4.92. The monoisotopic (exact) mass is 319 g/mol. The van der Waals surface area contributed by atoms with Crippen LogP contribution >= 0.6 is 15.9 Å². The lowest BCUT2D eigenvalue weighted by Gasteiger charge is -2.09. The summed E-state index contributed by atoms with van der Waals surface area (Å²) in [7, 11) is -0.845. The second-order valence-electron chi connectivity index (χ2n) is 3.35. The SMILES string of the molecule is CCS(=O)CCNc1cc(Br)ccc1C(=O)O. The number of carbonyl (C=O) groups is 1. The van der Waals surface area contributed by atoms with Gasteiger partial charge in [-0.2, -0.15) is 0 Å². The summed E-state index contributed by atoms with van der Waals surface area (Å²) in [5.74, 6) is 0.158. The summed E-state index contributed by atoms with van der Waals surface area (Å²) in [4.78, 5) is 11.0. The number of halogens is 1. The van der Waals surface area contributed by atoms with Crippen LogP contribution in [0.2, 0.25) is 0 Å². The summed E-state index contributed by atoms with van der Waals surface area (Å²) >= 11 is 3.29. The zero-order chi connectivity index (χ0) is 12.8. The molecule has 0 aliphatic rings. The number of hydrogen-bond acceptors (Lipinski definition) is 3. The van der Waals surface area contributed by atoms with E-state index in [9.17, 15) is 9.00 Å². The lowest BCUT2D eigenvalue weighted by atomic mass is 10.2. The van der Waals surface area contributed by atoms with Crippen LogP contribution in [0.1, 0.15) is 17.3 Å². The van der Waals surface area contributed by atoms with E-state index in [1.54, 1.807) is 12.1 Å². The Kier molecular flexibility index (Phi) is 5.64. The van der Waals surface area contributed by atoms with Gasteiger partial charge in [0, 0.05) is 39.0 Å². The number of anilines is 1. The Morgan fingerprint density at radius 2 is 2.24 bits per heavy atom. The molecule has 0 saturated heterocycles. The minimum atomic E-state index is -0.975. The van der Waals surface area contributed by atoms with Crippen LogP contribution in [-0.2, 0) is 10.8 Å². The largest absolute Gasteiger partial charge is 0.478 e. The zero-order valence-electron chi connectivity index (χ0n) is 9.40. The minimum absolute atomic E-state index is 0.218. The third-order valence-electron chi connectivity index (χ3n) is 2.18. The minimum Gasteiger partial charge on any atom is -0.478 e. The second kappa shape index (κ2) is 6.76. The fourth-order valence-electron chi connectivity index (χ4n) is 1.29. The maximum Gasteiger partial charge on any atom is 0.337 e. The van der Waals surface area contributed by atoms with Crippen molar-refractivity contribution in [3.05, 3.63) is 28.2 Å². The summed E-state index contributed by atoms with van der Waals surface area (Å²) in [6.07, 6.45) is 0. The van der Waals surface area contributed by atoms with E-state index in [4.69, 9.17) is 5.11 Å². The van der Waals surface area contributed by atoms with Crippen molar-refractivity contribution in [1.82, 2.24) is 0 Å². The van der Waals surface area contributed by atoms with E-state index in [-0.39, 0.29) is 5.56 Å². The quantitative estimate of drug-likeness (QED) is 0.844. The Bertz CT molecular complexity index is 437. The standard InChI is InChI=1S/C11H14BrNO3S/c1-2-17(16)6-5-13-10-7-8(12)3-4-9(10)11(14)15/h3-4,7,13H,2,5-6H2,1H3,(H,14,15). The first-order chi connectivity index (χ1) is 8.04. The van der Waals surface area contributed by atoms with E-state index in [1.807, 2.05) is 6.92 Å². The Morgan fingerprint density at radius 1 is 1.53 bits per heavy atom. The van der Waals surface area contributed by atoms with Crippen LogP contribution in [-0.4, -0.2) is 33.3 Å². The van der Waals surface area contributed by atoms with E-state index < -0.39 is 16.8 Å². The molecular formula is C11H14BrNO3S. The molecule has 0 spiro atoms. The molecule has 1 unspecified atom stereocenters. The molecule has 0 aliphatic carbocycles. The van der Waals surface area contributed by atoms with Gasteiger partial charge in [0.1, 0.15) is 0 Å². The van der Waals surface area contributed by atoms with E-state index in [0.717, 1.165) is 4.47 Å². The van der Waals surface area contributed by atoms with Gasteiger partial charge in [-0.1, -0.05) is 22.9 Å². The summed E-state index contributed by atoms with van der Waals surface area (Å²) in [5.41, 5.74) is 0.760. The first-order valence-corrected chi connectivity index (χ1v) is 7.44. The van der Waals surface area contributed by atoms with Crippen molar-refractivity contribution in [2.75, 3.05) is 23.4 Å². The average Bonchev–Trinajstić information content (AvgIpc) is 2.28. The highest BCUT2D eigenvalue weighted by atomic mass is 79.9. The summed E-state index contributed by atoms with van der Waals surface area (Å²) in [5, 5.41) is 12.0. The topological polar surface area (TPSA) is 66.4 Å². The van der Waals surface area contributed by atoms with Crippen LogP contribution in [0.5, 0.6) is 0 Å². The van der Waals surface area contributed by atoms with E-state index in [0.29, 0.717) is 23.7 Å². The molecule has 6 heteroatoms. The van der Waals surface area contributed by atoms with Gasteiger partial charge in [0.15, 0.2) is 0 Å². The highest BCUT2D eigenvalue weighted by molar-refractivity contribution is 9.10. The molecule has 1 aromatic rings. The number of rotatable bonds is 6. The van der Waals surface area contributed by atoms with Gasteiger partial charge in [-0.05, 0) is 18.2 Å². The smallest absolute Gasteiger partial charge is 0.337 e. The molecule has 0 radical (unpaired) electrons. The molecule has 1 rings (SSSR count). The molecule has 0 bridgehead atoms. The van der Waals surface area contributed by atoms with E-state index in [1.165, 1.54) is 6.07 Å². The maximum atomic E-state index is 11.2. The molecule has 2 N–H and O–H groups in total. The average molecular weight is 320 g/mol. The molecule has 94 valence electrons. The Balaban J connectivity index is 2.72. The number of hydrogen-bond donors (Lipinski definition) is 2. The van der Waals surface area contributed by atoms with Crippen molar-refractivity contribution in [1.29, 1.82) is 0 Å². The van der Waals surface area contributed by atoms with Gasteiger partial charge in [-0.3, -0.25) is 4.21 Å². The van der Waals surface area contributed by atoms with Gasteiger partial charge in [0.05, 0.1) is 5.56 Å². The molecule has 0 heterocycles. The van der Waals surface area contributed by atoms with Crippen molar-refractivity contribution >= 4 is 38.4 Å². The number of carboxylic acid groups (broad SMARTS) is 1. The summed E-state index contributed by atoms with van der Waals surface area (Å²) in [6.45, 7) is 2.36.